The van der Waals surface area contributed by atoms with E-state index in [0.717, 1.165) is 0 Å². The molecule has 8 aromatic rings. The number of hydrogen-bond donors (Lipinski definition) is 0. The van der Waals surface area contributed by atoms with Gasteiger partial charge in [-0.3, -0.25) is 0 Å². The van der Waals surface area contributed by atoms with Gasteiger partial charge < -0.3 is 0 Å². The number of rotatable bonds is 3. The van der Waals surface area contributed by atoms with Crippen molar-refractivity contribution < 1.29 is 0 Å². The third kappa shape index (κ3) is 3.47. The van der Waals surface area contributed by atoms with Crippen molar-refractivity contribution in [3.05, 3.63) is 192 Å². The highest BCUT2D eigenvalue weighted by atomic mass is 32.2. The van der Waals surface area contributed by atoms with Crippen molar-refractivity contribution in [3.8, 4) is 33.4 Å². The van der Waals surface area contributed by atoms with E-state index in [1.807, 2.05) is 11.8 Å². The minimum absolute atomic E-state index is 0.492. The normalized spacial score (nSPS) is 15.8. The molecule has 10 rings (SSSR count). The van der Waals surface area contributed by atoms with Gasteiger partial charge in [0, 0.05) is 15.2 Å². The fourth-order valence-electron chi connectivity index (χ4n) is 8.25. The second-order valence-corrected chi connectivity index (χ2v) is 13.4. The highest BCUT2D eigenvalue weighted by Gasteiger charge is 2.47. The molecule has 2 aliphatic rings. The molecule has 0 aromatic heterocycles. The average molecular weight is 601 g/mol. The van der Waals surface area contributed by atoms with Crippen molar-refractivity contribution >= 4 is 33.3 Å². The van der Waals surface area contributed by atoms with Crippen molar-refractivity contribution in [3.63, 3.8) is 0 Å². The van der Waals surface area contributed by atoms with Crippen LogP contribution in [-0.4, -0.2) is 0 Å². The maximum absolute atomic E-state index is 2.46. The number of benzene rings is 8. The first-order valence-electron chi connectivity index (χ1n) is 15.9. The highest BCUT2D eigenvalue weighted by Crippen LogP contribution is 2.59. The van der Waals surface area contributed by atoms with Crippen LogP contribution >= 0.6 is 11.8 Å². The van der Waals surface area contributed by atoms with Crippen LogP contribution in [0.2, 0.25) is 0 Å². The minimum atomic E-state index is -0.492. The predicted octanol–water partition coefficient (Wildman–Crippen LogP) is 12.2. The van der Waals surface area contributed by atoms with Crippen LogP contribution in [0.5, 0.6) is 0 Å². The molecule has 1 atom stereocenters. The molecule has 1 heterocycles. The molecule has 1 heteroatoms. The molecular weight excluding hydrogens is 573 g/mol. The van der Waals surface area contributed by atoms with Crippen LogP contribution in [0.25, 0.3) is 54.9 Å². The third-order valence-electron chi connectivity index (χ3n) is 10.1. The molecule has 1 aliphatic heterocycles. The Morgan fingerprint density at radius 1 is 0.348 bits per heavy atom. The summed E-state index contributed by atoms with van der Waals surface area (Å²) in [6, 6.07) is 63.4. The van der Waals surface area contributed by atoms with Gasteiger partial charge in [0.25, 0.3) is 0 Å². The summed E-state index contributed by atoms with van der Waals surface area (Å²) in [6.45, 7) is 0. The Labute approximate surface area is 273 Å². The van der Waals surface area contributed by atoms with Crippen LogP contribution in [0, 0.1) is 0 Å². The van der Waals surface area contributed by atoms with Crippen molar-refractivity contribution in [2.24, 2.45) is 0 Å². The summed E-state index contributed by atoms with van der Waals surface area (Å²) in [6.07, 6.45) is 0. The van der Waals surface area contributed by atoms with E-state index in [-0.39, 0.29) is 0 Å². The van der Waals surface area contributed by atoms with Crippen LogP contribution in [0.1, 0.15) is 22.3 Å². The quantitative estimate of drug-likeness (QED) is 0.194. The Hall–Kier alpha value is -5.37. The van der Waals surface area contributed by atoms with Gasteiger partial charge in [-0.2, -0.15) is 0 Å². The lowest BCUT2D eigenvalue weighted by atomic mass is 9.65. The van der Waals surface area contributed by atoms with E-state index < -0.39 is 5.41 Å². The molecular formula is C45H28S. The molecule has 0 nitrogen and oxygen atoms in total. The molecule has 0 bridgehead atoms. The molecule has 0 N–H and O–H groups in total. The zero-order valence-corrected chi connectivity index (χ0v) is 25.9. The summed E-state index contributed by atoms with van der Waals surface area (Å²) < 4.78 is 0. The highest BCUT2D eigenvalue weighted by molar-refractivity contribution is 8.00. The van der Waals surface area contributed by atoms with E-state index in [4.69, 9.17) is 0 Å². The first kappa shape index (κ1) is 25.9. The van der Waals surface area contributed by atoms with Crippen molar-refractivity contribution in [2.45, 2.75) is 15.2 Å². The first-order chi connectivity index (χ1) is 22.8. The van der Waals surface area contributed by atoms with Gasteiger partial charge in [0.1, 0.15) is 0 Å². The Kier molecular flexibility index (Phi) is 5.53. The van der Waals surface area contributed by atoms with Gasteiger partial charge in [-0.25, -0.2) is 0 Å². The van der Waals surface area contributed by atoms with Gasteiger partial charge in [-0.05, 0) is 90.0 Å². The summed E-state index contributed by atoms with van der Waals surface area (Å²) in [4.78, 5) is 2.65. The number of hydrogen-bond acceptors (Lipinski definition) is 1. The van der Waals surface area contributed by atoms with Crippen LogP contribution in [-0.2, 0) is 5.41 Å². The average Bonchev–Trinajstić information content (AvgIpc) is 3.41. The Balaban J connectivity index is 1.32. The Morgan fingerprint density at radius 2 is 0.870 bits per heavy atom. The van der Waals surface area contributed by atoms with Crippen molar-refractivity contribution in [1.29, 1.82) is 0 Å². The summed E-state index contributed by atoms with van der Waals surface area (Å²) in [5, 5.41) is 5.20. The Morgan fingerprint density at radius 3 is 1.63 bits per heavy atom. The molecule has 1 aliphatic carbocycles. The molecule has 1 unspecified atom stereocenters. The monoisotopic (exact) mass is 600 g/mol. The second-order valence-electron chi connectivity index (χ2n) is 12.4. The molecule has 0 spiro atoms. The van der Waals surface area contributed by atoms with E-state index in [1.165, 1.54) is 87.0 Å². The molecule has 0 saturated carbocycles. The molecule has 46 heavy (non-hydrogen) atoms. The maximum atomic E-state index is 2.46. The number of fused-ring (bicyclic) bond motifs is 6. The SMILES string of the molecule is c1ccc(C2(c3ccccc3-c3cccc4c3Sc3cccc5cccc-4c35)c3ccccc3-c3cc4ccccc4cc32)cc1. The molecule has 0 radical (unpaired) electrons. The van der Waals surface area contributed by atoms with E-state index in [0.29, 0.717) is 0 Å². The summed E-state index contributed by atoms with van der Waals surface area (Å²) in [5.41, 5.74) is 12.6. The fraction of sp³-hybridized carbons (Fsp3) is 0.0222. The van der Waals surface area contributed by atoms with Crippen LogP contribution in [0.4, 0.5) is 0 Å². The lowest BCUT2D eigenvalue weighted by Gasteiger charge is -2.36. The van der Waals surface area contributed by atoms with Gasteiger partial charge in [0.2, 0.25) is 0 Å². The van der Waals surface area contributed by atoms with E-state index in [2.05, 4.69) is 170 Å². The van der Waals surface area contributed by atoms with Gasteiger partial charge in [0.15, 0.2) is 0 Å². The smallest absolute Gasteiger partial charge is 0.0719 e. The molecule has 8 aromatic carbocycles. The van der Waals surface area contributed by atoms with Crippen LogP contribution < -0.4 is 0 Å². The summed E-state index contributed by atoms with van der Waals surface area (Å²) in [5.74, 6) is 0. The maximum Gasteiger partial charge on any atom is 0.0719 e. The lowest BCUT2D eigenvalue weighted by molar-refractivity contribution is 0.771. The standard InChI is InChI=1S/C45H28S/c1-2-17-32(18-3-1)45(40-25-9-7-20-34(40)38-27-30-13-4-5-14-31(30)28-41(38)45)39-24-8-6-19-33(39)36-22-12-23-37-35-21-10-15-29-16-11-26-42(43(29)35)46-44(36)37/h1-28H. The van der Waals surface area contributed by atoms with Gasteiger partial charge in [-0.15, -0.1) is 0 Å². The predicted molar refractivity (Wildman–Crippen MR) is 194 cm³/mol. The lowest BCUT2D eigenvalue weighted by Crippen LogP contribution is -2.29. The minimum Gasteiger partial charge on any atom is -0.0881 e. The Bertz CT molecular complexity index is 2500. The topological polar surface area (TPSA) is 0 Å². The third-order valence-corrected chi connectivity index (χ3v) is 11.3. The van der Waals surface area contributed by atoms with Gasteiger partial charge >= 0.3 is 0 Å². The second kappa shape index (κ2) is 9.81. The molecule has 0 fully saturated rings. The zero-order chi connectivity index (χ0) is 30.2. The van der Waals surface area contributed by atoms with Crippen LogP contribution in [0.3, 0.4) is 0 Å². The van der Waals surface area contributed by atoms with E-state index in [9.17, 15) is 0 Å². The zero-order valence-electron chi connectivity index (χ0n) is 25.1. The largest absolute Gasteiger partial charge is 0.0881 e. The van der Waals surface area contributed by atoms with Crippen molar-refractivity contribution in [2.75, 3.05) is 0 Å². The molecule has 214 valence electrons. The first-order valence-corrected chi connectivity index (χ1v) is 16.8. The van der Waals surface area contributed by atoms with E-state index >= 15 is 0 Å². The molecule has 0 amide bonds. The van der Waals surface area contributed by atoms with Gasteiger partial charge in [-0.1, -0.05) is 163 Å². The van der Waals surface area contributed by atoms with Gasteiger partial charge in [0.05, 0.1) is 5.41 Å². The fourth-order valence-corrected chi connectivity index (χ4v) is 9.52. The summed E-state index contributed by atoms with van der Waals surface area (Å²) >= 11 is 1.92. The van der Waals surface area contributed by atoms with Crippen LogP contribution in [0.15, 0.2) is 180 Å². The van der Waals surface area contributed by atoms with Crippen molar-refractivity contribution in [1.82, 2.24) is 0 Å². The van der Waals surface area contributed by atoms with E-state index in [1.54, 1.807) is 0 Å². The molecule has 0 saturated heterocycles. The summed E-state index contributed by atoms with van der Waals surface area (Å²) in [7, 11) is 0.